The molecule has 5 rings (SSSR count). The summed E-state index contributed by atoms with van der Waals surface area (Å²) >= 11 is 0. The van der Waals surface area contributed by atoms with Gasteiger partial charge in [-0.1, -0.05) is 43.5 Å². The Morgan fingerprint density at radius 1 is 1.08 bits per heavy atom. The monoisotopic (exact) mass is 541 g/mol. The molecular formula is C28H35N3O4S2. The number of oxazole rings is 1. The number of carbonyl (C=O) groups is 1. The van der Waals surface area contributed by atoms with Gasteiger partial charge in [0.2, 0.25) is 0 Å². The van der Waals surface area contributed by atoms with Crippen LogP contribution in [0.3, 0.4) is 0 Å². The third-order valence-electron chi connectivity index (χ3n) is 7.05. The lowest BCUT2D eigenvalue weighted by Crippen LogP contribution is -2.39. The highest BCUT2D eigenvalue weighted by Crippen LogP contribution is 2.38. The molecule has 1 unspecified atom stereocenters. The van der Waals surface area contributed by atoms with E-state index < -0.39 is 21.8 Å². The van der Waals surface area contributed by atoms with Crippen LogP contribution in [-0.2, 0) is 28.2 Å². The molecule has 1 aromatic heterocycles. The summed E-state index contributed by atoms with van der Waals surface area (Å²) in [4.78, 5) is 18.5. The van der Waals surface area contributed by atoms with Crippen molar-refractivity contribution in [1.29, 1.82) is 0 Å². The summed E-state index contributed by atoms with van der Waals surface area (Å²) in [6.45, 7) is 5.96. The van der Waals surface area contributed by atoms with E-state index in [1.165, 1.54) is 6.42 Å². The van der Waals surface area contributed by atoms with E-state index in [-0.39, 0.29) is 23.4 Å². The second kappa shape index (κ2) is 10.8. The van der Waals surface area contributed by atoms with Gasteiger partial charge in [0.25, 0.3) is 5.89 Å². The van der Waals surface area contributed by atoms with Gasteiger partial charge in [-0.3, -0.25) is 9.00 Å². The van der Waals surface area contributed by atoms with Gasteiger partial charge in [-0.15, -0.1) is 0 Å². The minimum Gasteiger partial charge on any atom is -0.432 e. The summed E-state index contributed by atoms with van der Waals surface area (Å²) in [6.07, 6.45) is 5.70. The molecular weight excluding hydrogens is 506 g/mol. The highest BCUT2D eigenvalue weighted by atomic mass is 32.2. The van der Waals surface area contributed by atoms with Crippen LogP contribution in [0.15, 0.2) is 45.7 Å². The lowest BCUT2D eigenvalue weighted by atomic mass is 9.81. The van der Waals surface area contributed by atoms with Crippen molar-refractivity contribution >= 4 is 38.5 Å². The second-order valence-electron chi connectivity index (χ2n) is 11.2. The molecule has 2 N–H and O–H groups in total. The van der Waals surface area contributed by atoms with Crippen LogP contribution < -0.4 is 10.0 Å². The third kappa shape index (κ3) is 6.04. The number of aromatic nitrogens is 1. The molecule has 1 aliphatic heterocycles. The zero-order valence-corrected chi connectivity index (χ0v) is 23.3. The summed E-state index contributed by atoms with van der Waals surface area (Å²) in [6, 6.07) is 11.7. The lowest BCUT2D eigenvalue weighted by Gasteiger charge is -2.24. The quantitative estimate of drug-likeness (QED) is 0.444. The van der Waals surface area contributed by atoms with Crippen LogP contribution in [0, 0.1) is 5.92 Å². The van der Waals surface area contributed by atoms with E-state index in [1.54, 1.807) is 0 Å². The average molecular weight is 542 g/mol. The summed E-state index contributed by atoms with van der Waals surface area (Å²) in [5.74, 6) is 2.12. The Labute approximate surface area is 223 Å². The Hall–Kier alpha value is -2.36. The average Bonchev–Trinajstić information content (AvgIpc) is 3.25. The SMILES string of the molecule is CC(C)(C)NS(=O)c1ccc(-c2oc(C(=O)NC3CCS(=O)CC3)nc2CC2CCC2)c2ccccc12. The maximum absolute atomic E-state index is 13.2. The first kappa shape index (κ1) is 26.3. The molecule has 2 aromatic carbocycles. The van der Waals surface area contributed by atoms with Crippen molar-refractivity contribution in [3.8, 4) is 11.3 Å². The van der Waals surface area contributed by atoms with Crippen molar-refractivity contribution in [2.24, 2.45) is 5.92 Å². The number of nitrogens with zero attached hydrogens (tertiary/aromatic N) is 1. The zero-order valence-electron chi connectivity index (χ0n) is 21.7. The molecule has 0 bridgehead atoms. The van der Waals surface area contributed by atoms with Gasteiger partial charge in [0.1, 0.15) is 11.0 Å². The van der Waals surface area contributed by atoms with E-state index >= 15 is 0 Å². The molecule has 1 atom stereocenters. The summed E-state index contributed by atoms with van der Waals surface area (Å²) in [5, 5.41) is 4.82. The number of carbonyl (C=O) groups excluding carboxylic acids is 1. The van der Waals surface area contributed by atoms with Crippen LogP contribution in [0.5, 0.6) is 0 Å². The van der Waals surface area contributed by atoms with Gasteiger partial charge in [0, 0.05) is 39.4 Å². The predicted molar refractivity (Wildman–Crippen MR) is 148 cm³/mol. The number of fused-ring (bicyclic) bond motifs is 1. The third-order valence-corrected chi connectivity index (χ3v) is 9.98. The van der Waals surface area contributed by atoms with Gasteiger partial charge in [0.15, 0.2) is 5.76 Å². The second-order valence-corrected chi connectivity index (χ2v) is 14.0. The highest BCUT2D eigenvalue weighted by molar-refractivity contribution is 7.85. The molecule has 2 fully saturated rings. The van der Waals surface area contributed by atoms with E-state index in [4.69, 9.17) is 9.40 Å². The van der Waals surface area contributed by atoms with E-state index in [2.05, 4.69) is 10.0 Å². The van der Waals surface area contributed by atoms with E-state index in [0.717, 1.165) is 41.3 Å². The first-order valence-electron chi connectivity index (χ1n) is 13.1. The van der Waals surface area contributed by atoms with Gasteiger partial charge < -0.3 is 9.73 Å². The Morgan fingerprint density at radius 2 is 1.78 bits per heavy atom. The largest absolute Gasteiger partial charge is 0.432 e. The van der Waals surface area contributed by atoms with E-state index in [1.807, 2.05) is 57.2 Å². The summed E-state index contributed by atoms with van der Waals surface area (Å²) in [5.41, 5.74) is 1.34. The first-order valence-corrected chi connectivity index (χ1v) is 15.7. The Bertz CT molecular complexity index is 1350. The van der Waals surface area contributed by atoms with Crippen LogP contribution >= 0.6 is 0 Å². The number of nitrogens with one attached hydrogen (secondary N) is 2. The fourth-order valence-corrected chi connectivity index (χ4v) is 7.45. The number of hydrogen-bond donors (Lipinski definition) is 2. The molecule has 37 heavy (non-hydrogen) atoms. The summed E-state index contributed by atoms with van der Waals surface area (Å²) in [7, 11) is -2.18. The molecule has 0 radical (unpaired) electrons. The zero-order chi connectivity index (χ0) is 26.2. The molecule has 3 aromatic rings. The molecule has 1 aliphatic carbocycles. The maximum atomic E-state index is 13.2. The molecule has 9 heteroatoms. The topological polar surface area (TPSA) is 101 Å². The van der Waals surface area contributed by atoms with Crippen LogP contribution in [0.2, 0.25) is 0 Å². The Morgan fingerprint density at radius 3 is 2.43 bits per heavy atom. The fraction of sp³-hybridized carbons (Fsp3) is 0.500. The fourth-order valence-electron chi connectivity index (χ4n) is 4.92. The predicted octanol–water partition coefficient (Wildman–Crippen LogP) is 4.89. The normalized spacial score (nSPS) is 21.5. The van der Waals surface area contributed by atoms with E-state index in [9.17, 15) is 13.2 Å². The molecule has 1 saturated heterocycles. The molecule has 1 amide bonds. The van der Waals surface area contributed by atoms with Crippen molar-refractivity contribution in [2.75, 3.05) is 11.5 Å². The molecule has 7 nitrogen and oxygen atoms in total. The number of rotatable bonds is 7. The first-order chi connectivity index (χ1) is 17.7. The van der Waals surface area contributed by atoms with Crippen LogP contribution in [0.25, 0.3) is 22.1 Å². The van der Waals surface area contributed by atoms with Crippen molar-refractivity contribution < 1.29 is 17.6 Å². The standard InChI is InChI=1S/C28H35N3O4S2/c1-28(2,3)31-37(34)24-12-11-22(20-9-4-5-10-21(20)24)25-23(17-18-7-6-8-18)30-27(35-25)26(32)29-19-13-15-36(33)16-14-19/h4-5,9-12,18-19,31H,6-8,13-17H2,1-3H3,(H,29,32). The smallest absolute Gasteiger partial charge is 0.307 e. The van der Waals surface area contributed by atoms with Gasteiger partial charge in [-0.05, 0) is 68.9 Å². The van der Waals surface area contributed by atoms with Crippen molar-refractivity contribution in [1.82, 2.24) is 15.0 Å². The minimum atomic E-state index is -1.39. The Balaban J connectivity index is 1.51. The summed E-state index contributed by atoms with van der Waals surface area (Å²) < 4.78 is 34.2. The van der Waals surface area contributed by atoms with Crippen LogP contribution in [-0.4, -0.2) is 42.4 Å². The molecule has 2 heterocycles. The van der Waals surface area contributed by atoms with Crippen LogP contribution in [0.4, 0.5) is 0 Å². The lowest BCUT2D eigenvalue weighted by molar-refractivity contribution is 0.0900. The Kier molecular flexibility index (Phi) is 7.65. The molecule has 1 saturated carbocycles. The molecule has 0 spiro atoms. The van der Waals surface area contributed by atoms with Gasteiger partial charge in [0.05, 0.1) is 10.6 Å². The molecule has 198 valence electrons. The van der Waals surface area contributed by atoms with Crippen molar-refractivity contribution in [3.05, 3.63) is 48.0 Å². The highest BCUT2D eigenvalue weighted by Gasteiger charge is 2.28. The van der Waals surface area contributed by atoms with Gasteiger partial charge in [-0.25, -0.2) is 13.9 Å². The van der Waals surface area contributed by atoms with Gasteiger partial charge >= 0.3 is 5.91 Å². The number of amides is 1. The molecule has 2 aliphatic rings. The maximum Gasteiger partial charge on any atom is 0.307 e. The van der Waals surface area contributed by atoms with Crippen molar-refractivity contribution in [3.63, 3.8) is 0 Å². The van der Waals surface area contributed by atoms with Crippen molar-refractivity contribution in [2.45, 2.75) is 75.8 Å². The minimum absolute atomic E-state index is 0.0129. The number of benzene rings is 2. The van der Waals surface area contributed by atoms with Gasteiger partial charge in [-0.2, -0.15) is 0 Å². The van der Waals surface area contributed by atoms with E-state index in [0.29, 0.717) is 40.9 Å². The van der Waals surface area contributed by atoms with Crippen LogP contribution in [0.1, 0.15) is 69.3 Å². The number of hydrogen-bond acceptors (Lipinski definition) is 5.